The number of carbonyl (C=O) groups excluding carboxylic acids is 1. The fourth-order valence-electron chi connectivity index (χ4n) is 0.826. The van der Waals surface area contributed by atoms with E-state index in [4.69, 9.17) is 0 Å². The smallest absolute Gasteiger partial charge is 0.147 e. The Hall–Kier alpha value is -0.0200. The van der Waals surface area contributed by atoms with Crippen LogP contribution in [0.4, 0.5) is 0 Å². The van der Waals surface area contributed by atoms with Crippen LogP contribution in [0.1, 0.15) is 20.8 Å². The van der Waals surface area contributed by atoms with Crippen molar-refractivity contribution >= 4 is 17.5 Å². The average Bonchev–Trinajstić information content (AvgIpc) is 1.96. The second-order valence-corrected chi connectivity index (χ2v) is 4.46. The third-order valence-corrected chi connectivity index (χ3v) is 3.05. The Bertz CT molecular complexity index is 136. The lowest BCUT2D eigenvalue weighted by Crippen LogP contribution is -2.34. The zero-order valence-electron chi connectivity index (χ0n) is 8.39. The van der Waals surface area contributed by atoms with Crippen molar-refractivity contribution in [1.29, 1.82) is 0 Å². The number of ketones is 1. The molecule has 0 unspecified atom stereocenters. The summed E-state index contributed by atoms with van der Waals surface area (Å²) >= 11 is 1.84. The molecule has 0 heterocycles. The maximum absolute atomic E-state index is 11.0. The SMILES string of the molecule is CN[C@@H](CSCC(C)C)C(C)=O. The molecule has 2 nitrogen and oxygen atoms in total. The van der Waals surface area contributed by atoms with Crippen molar-refractivity contribution in [3.63, 3.8) is 0 Å². The number of hydrogen-bond donors (Lipinski definition) is 1. The Morgan fingerprint density at radius 3 is 2.33 bits per heavy atom. The summed E-state index contributed by atoms with van der Waals surface area (Å²) < 4.78 is 0. The topological polar surface area (TPSA) is 29.1 Å². The van der Waals surface area contributed by atoms with Gasteiger partial charge in [-0.3, -0.25) is 4.79 Å². The average molecular weight is 189 g/mol. The highest BCUT2D eigenvalue weighted by atomic mass is 32.2. The first-order chi connectivity index (χ1) is 5.57. The van der Waals surface area contributed by atoms with Crippen LogP contribution in [-0.4, -0.2) is 30.4 Å². The summed E-state index contributed by atoms with van der Waals surface area (Å²) in [5.74, 6) is 2.96. The van der Waals surface area contributed by atoms with Gasteiger partial charge in [0.25, 0.3) is 0 Å². The van der Waals surface area contributed by atoms with E-state index >= 15 is 0 Å². The van der Waals surface area contributed by atoms with Gasteiger partial charge in [0.1, 0.15) is 5.78 Å². The molecule has 3 heteroatoms. The minimum Gasteiger partial charge on any atom is -0.310 e. The van der Waals surface area contributed by atoms with Gasteiger partial charge >= 0.3 is 0 Å². The second-order valence-electron chi connectivity index (χ2n) is 3.38. The van der Waals surface area contributed by atoms with Gasteiger partial charge in [0.2, 0.25) is 0 Å². The van der Waals surface area contributed by atoms with E-state index in [-0.39, 0.29) is 11.8 Å². The molecule has 0 aliphatic heterocycles. The molecule has 1 N–H and O–H groups in total. The number of carbonyl (C=O) groups is 1. The van der Waals surface area contributed by atoms with Crippen molar-refractivity contribution in [1.82, 2.24) is 5.32 Å². The summed E-state index contributed by atoms with van der Waals surface area (Å²) in [6, 6.07) is 0.0359. The van der Waals surface area contributed by atoms with Gasteiger partial charge in [0, 0.05) is 5.75 Å². The predicted octanol–water partition coefficient (Wildman–Crippen LogP) is 1.55. The van der Waals surface area contributed by atoms with Crippen molar-refractivity contribution < 1.29 is 4.79 Å². The van der Waals surface area contributed by atoms with E-state index in [1.54, 1.807) is 6.92 Å². The Morgan fingerprint density at radius 2 is 2.00 bits per heavy atom. The molecular weight excluding hydrogens is 170 g/mol. The van der Waals surface area contributed by atoms with E-state index in [0.717, 1.165) is 11.5 Å². The zero-order chi connectivity index (χ0) is 9.56. The number of hydrogen-bond acceptors (Lipinski definition) is 3. The van der Waals surface area contributed by atoms with Gasteiger partial charge in [0.05, 0.1) is 6.04 Å². The first-order valence-corrected chi connectivity index (χ1v) is 5.48. The molecule has 0 rings (SSSR count). The minimum absolute atomic E-state index is 0.0359. The largest absolute Gasteiger partial charge is 0.310 e. The Balaban J connectivity index is 3.52. The van der Waals surface area contributed by atoms with Crippen molar-refractivity contribution in [2.24, 2.45) is 5.92 Å². The van der Waals surface area contributed by atoms with Crippen LogP contribution >= 0.6 is 11.8 Å². The maximum Gasteiger partial charge on any atom is 0.147 e. The Kier molecular flexibility index (Phi) is 6.48. The van der Waals surface area contributed by atoms with E-state index in [9.17, 15) is 4.79 Å². The Labute approximate surface area is 79.5 Å². The lowest BCUT2D eigenvalue weighted by atomic mass is 10.2. The van der Waals surface area contributed by atoms with Gasteiger partial charge in [-0.2, -0.15) is 11.8 Å². The number of thioether (sulfide) groups is 1. The molecule has 12 heavy (non-hydrogen) atoms. The summed E-state index contributed by atoms with van der Waals surface area (Å²) in [5, 5.41) is 3.00. The molecule has 0 aromatic heterocycles. The molecule has 0 fully saturated rings. The Morgan fingerprint density at radius 1 is 1.42 bits per heavy atom. The normalized spacial score (nSPS) is 13.4. The second kappa shape index (κ2) is 6.49. The molecule has 0 aromatic rings. The highest BCUT2D eigenvalue weighted by Crippen LogP contribution is 2.09. The first-order valence-electron chi connectivity index (χ1n) is 4.33. The van der Waals surface area contributed by atoms with Gasteiger partial charge in [0.15, 0.2) is 0 Å². The fraction of sp³-hybridized carbons (Fsp3) is 0.889. The molecule has 0 aromatic carbocycles. The molecule has 1 atom stereocenters. The van der Waals surface area contributed by atoms with Crippen molar-refractivity contribution in [3.8, 4) is 0 Å². The highest BCUT2D eigenvalue weighted by molar-refractivity contribution is 7.99. The van der Waals surface area contributed by atoms with Gasteiger partial charge in [-0.25, -0.2) is 0 Å². The molecular formula is C9H19NOS. The fourth-order valence-corrected chi connectivity index (χ4v) is 2.07. The summed E-state index contributed by atoms with van der Waals surface area (Å²) in [6.45, 7) is 6.02. The van der Waals surface area contributed by atoms with Gasteiger partial charge in [-0.15, -0.1) is 0 Å². The predicted molar refractivity (Wildman–Crippen MR) is 55.7 cm³/mol. The van der Waals surface area contributed by atoms with Crippen LogP contribution < -0.4 is 5.32 Å². The van der Waals surface area contributed by atoms with Crippen molar-refractivity contribution in [2.75, 3.05) is 18.6 Å². The number of Topliss-reactive ketones (excluding diaryl/α,β-unsaturated/α-hetero) is 1. The molecule has 0 spiro atoms. The lowest BCUT2D eigenvalue weighted by molar-refractivity contribution is -0.118. The van der Waals surface area contributed by atoms with Crippen LogP contribution in [0.2, 0.25) is 0 Å². The quantitative estimate of drug-likeness (QED) is 0.687. The van der Waals surface area contributed by atoms with Crippen LogP contribution in [0.15, 0.2) is 0 Å². The third-order valence-electron chi connectivity index (χ3n) is 1.57. The monoisotopic (exact) mass is 189 g/mol. The van der Waals surface area contributed by atoms with Gasteiger partial charge in [-0.1, -0.05) is 13.8 Å². The zero-order valence-corrected chi connectivity index (χ0v) is 9.20. The molecule has 0 saturated heterocycles. The first kappa shape index (κ1) is 12.0. The van der Waals surface area contributed by atoms with Gasteiger partial charge < -0.3 is 5.32 Å². The summed E-state index contributed by atoms with van der Waals surface area (Å²) in [6.07, 6.45) is 0. The summed E-state index contributed by atoms with van der Waals surface area (Å²) in [7, 11) is 1.84. The lowest BCUT2D eigenvalue weighted by Gasteiger charge is -2.12. The van der Waals surface area contributed by atoms with Crippen molar-refractivity contribution in [2.45, 2.75) is 26.8 Å². The minimum atomic E-state index is 0.0359. The molecule has 0 saturated carbocycles. The van der Waals surface area contributed by atoms with Crippen LogP contribution in [0.5, 0.6) is 0 Å². The van der Waals surface area contributed by atoms with E-state index in [0.29, 0.717) is 5.92 Å². The third kappa shape index (κ3) is 5.61. The molecule has 0 aliphatic rings. The van der Waals surface area contributed by atoms with E-state index in [2.05, 4.69) is 19.2 Å². The molecule has 0 bridgehead atoms. The van der Waals surface area contributed by atoms with Gasteiger partial charge in [-0.05, 0) is 25.6 Å². The molecule has 0 amide bonds. The highest BCUT2D eigenvalue weighted by Gasteiger charge is 2.10. The van der Waals surface area contributed by atoms with E-state index in [1.807, 2.05) is 18.8 Å². The van der Waals surface area contributed by atoms with Crippen LogP contribution in [-0.2, 0) is 4.79 Å². The van der Waals surface area contributed by atoms with E-state index in [1.165, 1.54) is 0 Å². The van der Waals surface area contributed by atoms with Crippen LogP contribution in [0.25, 0.3) is 0 Å². The number of nitrogens with one attached hydrogen (secondary N) is 1. The maximum atomic E-state index is 11.0. The number of likely N-dealkylation sites (N-methyl/N-ethyl adjacent to an activating group) is 1. The van der Waals surface area contributed by atoms with Crippen LogP contribution in [0.3, 0.4) is 0 Å². The molecule has 0 radical (unpaired) electrons. The summed E-state index contributed by atoms with van der Waals surface area (Å²) in [4.78, 5) is 11.0. The van der Waals surface area contributed by atoms with E-state index < -0.39 is 0 Å². The van der Waals surface area contributed by atoms with Crippen molar-refractivity contribution in [3.05, 3.63) is 0 Å². The molecule has 72 valence electrons. The van der Waals surface area contributed by atoms with Crippen LogP contribution in [0, 0.1) is 5.92 Å². The standard InChI is InChI=1S/C9H19NOS/c1-7(2)5-12-6-9(10-4)8(3)11/h7,9-10H,5-6H2,1-4H3/t9-/m0/s1. The summed E-state index contributed by atoms with van der Waals surface area (Å²) in [5.41, 5.74) is 0. The molecule has 0 aliphatic carbocycles. The number of rotatable bonds is 6.